The molecule has 0 bridgehead atoms. The third-order valence-electron chi connectivity index (χ3n) is 9.14. The fourth-order valence-corrected chi connectivity index (χ4v) is 6.85. The molecule has 0 radical (unpaired) electrons. The van der Waals surface area contributed by atoms with Crippen molar-refractivity contribution in [3.8, 4) is 0 Å². The topological polar surface area (TPSA) is 47.6 Å². The predicted octanol–water partition coefficient (Wildman–Crippen LogP) is 4.88. The molecule has 3 heterocycles. The molecule has 2 aromatic carbocycles. The maximum Gasteiger partial charge on any atom is 0.419 e. The van der Waals surface area contributed by atoms with Gasteiger partial charge in [0.05, 0.1) is 19.1 Å². The molecule has 0 spiro atoms. The first-order chi connectivity index (χ1) is 18.5. The van der Waals surface area contributed by atoms with Crippen LogP contribution >= 0.6 is 11.6 Å². The van der Waals surface area contributed by atoms with Crippen molar-refractivity contribution in [3.63, 3.8) is 0 Å². The minimum absolute atomic E-state index is 0.269. The highest BCUT2D eigenvalue weighted by molar-refractivity contribution is 6.30. The number of nitrogens with zero attached hydrogens (tertiary/aromatic N) is 3. The number of hydrogen-bond acceptors (Lipinski definition) is 4. The molecule has 3 aliphatic heterocycles. The minimum Gasteiger partial charge on any atom is -0.368 e. The van der Waals surface area contributed by atoms with Crippen molar-refractivity contribution in [1.82, 2.24) is 15.5 Å². The molecular weight excluding hydrogens is 494 g/mol. The van der Waals surface area contributed by atoms with Crippen molar-refractivity contribution in [2.45, 2.75) is 57.5 Å². The SMILES string of the molecule is CC(C)[N+]1(C(=O)N2CCN(c3ccccc3CCNC3CCCNC3)CC2)CCC(c2ccc(Cl)cc2)C1. The van der Waals surface area contributed by atoms with Crippen LogP contribution in [0, 0.1) is 0 Å². The molecule has 2 aromatic rings. The Morgan fingerprint density at radius 1 is 1.08 bits per heavy atom. The van der Waals surface area contributed by atoms with Crippen LogP contribution in [0.4, 0.5) is 10.5 Å². The van der Waals surface area contributed by atoms with Crippen molar-refractivity contribution in [3.05, 3.63) is 64.7 Å². The predicted molar refractivity (Wildman–Crippen MR) is 157 cm³/mol. The first-order valence-electron chi connectivity index (χ1n) is 14.6. The average molecular weight is 539 g/mol. The number of halogens is 1. The monoisotopic (exact) mass is 538 g/mol. The zero-order chi connectivity index (χ0) is 26.5. The zero-order valence-corrected chi connectivity index (χ0v) is 23.9. The lowest BCUT2D eigenvalue weighted by molar-refractivity contribution is -0.863. The van der Waals surface area contributed by atoms with E-state index in [1.54, 1.807) is 0 Å². The molecule has 7 heteroatoms. The number of likely N-dealkylation sites (tertiary alicyclic amines) is 1. The number of benzene rings is 2. The number of carbonyl (C=O) groups is 1. The van der Waals surface area contributed by atoms with Gasteiger partial charge < -0.3 is 15.5 Å². The quantitative estimate of drug-likeness (QED) is 0.493. The summed E-state index contributed by atoms with van der Waals surface area (Å²) in [5.41, 5.74) is 4.04. The number of urea groups is 1. The largest absolute Gasteiger partial charge is 0.419 e. The number of nitrogens with one attached hydrogen (secondary N) is 2. The van der Waals surface area contributed by atoms with Gasteiger partial charge in [0.15, 0.2) is 0 Å². The number of piperidine rings is 1. The second kappa shape index (κ2) is 12.4. The van der Waals surface area contributed by atoms with E-state index in [4.69, 9.17) is 11.6 Å². The Bertz CT molecular complexity index is 1060. The first-order valence-corrected chi connectivity index (χ1v) is 15.0. The Hall–Kier alpha value is -2.12. The number of para-hydroxylation sites is 1. The van der Waals surface area contributed by atoms with Gasteiger partial charge >= 0.3 is 6.03 Å². The Labute approximate surface area is 233 Å². The van der Waals surface area contributed by atoms with Crippen molar-refractivity contribution < 1.29 is 9.28 Å². The van der Waals surface area contributed by atoms with E-state index in [-0.39, 0.29) is 6.04 Å². The van der Waals surface area contributed by atoms with E-state index >= 15 is 0 Å². The summed E-state index contributed by atoms with van der Waals surface area (Å²) >= 11 is 6.13. The van der Waals surface area contributed by atoms with E-state index in [2.05, 4.69) is 70.7 Å². The van der Waals surface area contributed by atoms with E-state index in [0.29, 0.717) is 22.5 Å². The number of hydrogen-bond donors (Lipinski definition) is 2. The smallest absolute Gasteiger partial charge is 0.368 e. The fourth-order valence-electron chi connectivity index (χ4n) is 6.72. The molecule has 38 heavy (non-hydrogen) atoms. The molecular formula is C31H45ClN5O+. The van der Waals surface area contributed by atoms with Crippen LogP contribution in [-0.4, -0.2) is 86.4 Å². The Balaban J connectivity index is 1.19. The normalized spacial score (nSPS) is 26.2. The summed E-state index contributed by atoms with van der Waals surface area (Å²) in [6, 6.07) is 18.2. The molecule has 0 aliphatic carbocycles. The van der Waals surface area contributed by atoms with Crippen LogP contribution in [-0.2, 0) is 6.42 Å². The number of amides is 2. The van der Waals surface area contributed by atoms with Gasteiger partial charge in [-0.05, 0) is 75.5 Å². The maximum absolute atomic E-state index is 14.0. The van der Waals surface area contributed by atoms with Gasteiger partial charge in [-0.1, -0.05) is 41.9 Å². The Morgan fingerprint density at radius 2 is 1.84 bits per heavy atom. The van der Waals surface area contributed by atoms with Crippen molar-refractivity contribution in [2.24, 2.45) is 0 Å². The van der Waals surface area contributed by atoms with Crippen molar-refractivity contribution in [1.29, 1.82) is 0 Å². The molecule has 6 nitrogen and oxygen atoms in total. The molecule has 2 amide bonds. The molecule has 3 aliphatic rings. The summed E-state index contributed by atoms with van der Waals surface area (Å²) in [5, 5.41) is 8.00. The highest BCUT2D eigenvalue weighted by atomic mass is 35.5. The Morgan fingerprint density at radius 3 is 2.55 bits per heavy atom. The number of rotatable bonds is 7. The zero-order valence-electron chi connectivity index (χ0n) is 23.2. The Kier molecular flexibility index (Phi) is 8.94. The molecule has 206 valence electrons. The van der Waals surface area contributed by atoms with Crippen LogP contribution in [0.15, 0.2) is 48.5 Å². The molecule has 0 saturated carbocycles. The summed E-state index contributed by atoms with van der Waals surface area (Å²) in [7, 11) is 0. The summed E-state index contributed by atoms with van der Waals surface area (Å²) in [6.07, 6.45) is 4.60. The average Bonchev–Trinajstić information content (AvgIpc) is 3.41. The van der Waals surface area contributed by atoms with E-state index in [9.17, 15) is 4.79 Å². The van der Waals surface area contributed by atoms with E-state index < -0.39 is 0 Å². The van der Waals surface area contributed by atoms with Crippen LogP contribution in [0.2, 0.25) is 5.02 Å². The van der Waals surface area contributed by atoms with E-state index in [0.717, 1.165) is 76.8 Å². The van der Waals surface area contributed by atoms with Crippen molar-refractivity contribution in [2.75, 3.05) is 63.8 Å². The lowest BCUT2D eigenvalue weighted by Gasteiger charge is -2.43. The highest BCUT2D eigenvalue weighted by Gasteiger charge is 2.49. The molecule has 3 unspecified atom stereocenters. The highest BCUT2D eigenvalue weighted by Crippen LogP contribution is 2.36. The third kappa shape index (κ3) is 6.04. The van der Waals surface area contributed by atoms with Gasteiger partial charge in [0.25, 0.3) is 0 Å². The number of carbonyl (C=O) groups excluding carboxylic acids is 1. The molecule has 3 fully saturated rings. The maximum atomic E-state index is 14.0. The van der Waals surface area contributed by atoms with Gasteiger partial charge in [0, 0.05) is 61.8 Å². The molecule has 5 rings (SSSR count). The molecule has 3 atom stereocenters. The summed E-state index contributed by atoms with van der Waals surface area (Å²) < 4.78 is 0.561. The summed E-state index contributed by atoms with van der Waals surface area (Å²) in [5.74, 6) is 0.407. The second-order valence-electron chi connectivity index (χ2n) is 11.7. The van der Waals surface area contributed by atoms with Gasteiger partial charge in [-0.2, -0.15) is 0 Å². The lowest BCUT2D eigenvalue weighted by Crippen LogP contribution is -2.63. The number of piperazine rings is 1. The fraction of sp³-hybridized carbons (Fsp3) is 0.581. The minimum atomic E-state index is 0.269. The van der Waals surface area contributed by atoms with Crippen LogP contribution in [0.25, 0.3) is 0 Å². The second-order valence-corrected chi connectivity index (χ2v) is 12.1. The molecule has 3 saturated heterocycles. The summed E-state index contributed by atoms with van der Waals surface area (Å²) in [6.45, 7) is 12.8. The van der Waals surface area contributed by atoms with Gasteiger partial charge in [-0.3, -0.25) is 4.90 Å². The van der Waals surface area contributed by atoms with Crippen molar-refractivity contribution >= 4 is 23.3 Å². The lowest BCUT2D eigenvalue weighted by atomic mass is 9.98. The standard InChI is InChI=1S/C31H45ClN5O/c1-24(2)37(21-14-27(23-37)25-9-11-28(32)12-10-25)31(38)36-19-17-35(18-20-36)30-8-4-3-6-26(30)13-16-34-29-7-5-15-33-22-29/h3-4,6,8-12,24,27,29,33-34H,5,7,13-23H2,1-2H3/q+1. The van der Waals surface area contributed by atoms with E-state index in [1.165, 1.54) is 29.7 Å². The molecule has 0 aromatic heterocycles. The van der Waals surface area contributed by atoms with Gasteiger partial charge in [-0.15, -0.1) is 0 Å². The third-order valence-corrected chi connectivity index (χ3v) is 9.39. The van der Waals surface area contributed by atoms with Gasteiger partial charge in [0.2, 0.25) is 0 Å². The first kappa shape index (κ1) is 27.4. The number of anilines is 1. The van der Waals surface area contributed by atoms with Crippen LogP contribution in [0.5, 0.6) is 0 Å². The van der Waals surface area contributed by atoms with Gasteiger partial charge in [-0.25, -0.2) is 9.28 Å². The number of quaternary nitrogens is 1. The van der Waals surface area contributed by atoms with Crippen LogP contribution in [0.3, 0.4) is 0 Å². The van der Waals surface area contributed by atoms with E-state index in [1.807, 2.05) is 12.1 Å². The summed E-state index contributed by atoms with van der Waals surface area (Å²) in [4.78, 5) is 18.7. The van der Waals surface area contributed by atoms with Crippen LogP contribution in [0.1, 0.15) is 50.2 Å². The van der Waals surface area contributed by atoms with Crippen LogP contribution < -0.4 is 15.5 Å². The van der Waals surface area contributed by atoms with Gasteiger partial charge in [0.1, 0.15) is 0 Å². The molecule has 2 N–H and O–H groups in total.